The predicted octanol–water partition coefficient (Wildman–Crippen LogP) is 2.32. The maximum atomic E-state index is 6.03. The number of nitrogens with two attached hydrogens (primary N) is 1. The van der Waals surface area contributed by atoms with Crippen molar-refractivity contribution >= 4 is 11.6 Å². The van der Waals surface area contributed by atoms with Gasteiger partial charge in [-0.25, -0.2) is 0 Å². The Bertz CT molecular complexity index is 564. The third-order valence-corrected chi connectivity index (χ3v) is 3.57. The summed E-state index contributed by atoms with van der Waals surface area (Å²) < 4.78 is 2.15. The van der Waals surface area contributed by atoms with E-state index in [1.54, 1.807) is 0 Å². The molecule has 1 atom stereocenters. The normalized spacial score (nSPS) is 18.7. The summed E-state index contributed by atoms with van der Waals surface area (Å²) in [5, 5.41) is 9.23. The molecule has 0 saturated carbocycles. The van der Waals surface area contributed by atoms with E-state index in [0.717, 1.165) is 48.0 Å². The Kier molecular flexibility index (Phi) is 3.06. The highest BCUT2D eigenvalue weighted by molar-refractivity contribution is 6.30. The highest BCUT2D eigenvalue weighted by atomic mass is 35.5. The highest BCUT2D eigenvalue weighted by Crippen LogP contribution is 2.23. The van der Waals surface area contributed by atoms with Crippen molar-refractivity contribution in [2.75, 3.05) is 0 Å². The van der Waals surface area contributed by atoms with Gasteiger partial charge in [-0.1, -0.05) is 23.7 Å². The molecular formula is C13H15ClN4. The molecule has 0 amide bonds. The number of aromatic nitrogens is 3. The molecule has 1 aromatic heterocycles. The van der Waals surface area contributed by atoms with Gasteiger partial charge in [0.1, 0.15) is 11.6 Å². The van der Waals surface area contributed by atoms with Gasteiger partial charge in [-0.05, 0) is 30.5 Å². The van der Waals surface area contributed by atoms with E-state index in [0.29, 0.717) is 0 Å². The molecule has 2 N–H and O–H groups in total. The fourth-order valence-corrected chi connectivity index (χ4v) is 2.64. The van der Waals surface area contributed by atoms with E-state index < -0.39 is 0 Å². The Labute approximate surface area is 111 Å². The quantitative estimate of drug-likeness (QED) is 0.904. The van der Waals surface area contributed by atoms with Crippen molar-refractivity contribution in [1.29, 1.82) is 0 Å². The van der Waals surface area contributed by atoms with Gasteiger partial charge in [0.2, 0.25) is 0 Å². The summed E-state index contributed by atoms with van der Waals surface area (Å²) in [6, 6.07) is 7.87. The molecule has 0 bridgehead atoms. The van der Waals surface area contributed by atoms with E-state index in [-0.39, 0.29) is 6.04 Å². The van der Waals surface area contributed by atoms with Crippen molar-refractivity contribution in [3.63, 3.8) is 0 Å². The molecule has 1 unspecified atom stereocenters. The zero-order valence-corrected chi connectivity index (χ0v) is 10.8. The molecule has 94 valence electrons. The first-order valence-electron chi connectivity index (χ1n) is 6.16. The maximum Gasteiger partial charge on any atom is 0.149 e. The molecule has 1 aromatic carbocycles. The third-order valence-electron chi connectivity index (χ3n) is 3.34. The number of rotatable bonds is 2. The van der Waals surface area contributed by atoms with Crippen LogP contribution in [-0.4, -0.2) is 14.8 Å². The van der Waals surface area contributed by atoms with Crippen molar-refractivity contribution in [1.82, 2.24) is 14.8 Å². The first-order chi connectivity index (χ1) is 8.74. The molecule has 0 radical (unpaired) electrons. The summed E-state index contributed by atoms with van der Waals surface area (Å²) in [5.74, 6) is 1.89. The van der Waals surface area contributed by atoms with Gasteiger partial charge < -0.3 is 10.3 Å². The second-order valence-corrected chi connectivity index (χ2v) is 5.12. The lowest BCUT2D eigenvalue weighted by Gasteiger charge is -2.20. The summed E-state index contributed by atoms with van der Waals surface area (Å²) in [4.78, 5) is 0. The number of fused-ring (bicyclic) bond motifs is 1. The molecule has 1 aliphatic heterocycles. The monoisotopic (exact) mass is 262 g/mol. The van der Waals surface area contributed by atoms with Gasteiger partial charge in [-0.2, -0.15) is 0 Å². The van der Waals surface area contributed by atoms with Crippen LogP contribution in [0, 0.1) is 0 Å². The van der Waals surface area contributed by atoms with E-state index in [1.807, 2.05) is 18.2 Å². The maximum absolute atomic E-state index is 6.03. The smallest absolute Gasteiger partial charge is 0.149 e. The Hall–Kier alpha value is -1.39. The minimum absolute atomic E-state index is 0.0272. The molecule has 0 spiro atoms. The van der Waals surface area contributed by atoms with Crippen LogP contribution in [-0.2, 0) is 13.0 Å². The highest BCUT2D eigenvalue weighted by Gasteiger charge is 2.22. The van der Waals surface area contributed by atoms with Gasteiger partial charge >= 0.3 is 0 Å². The SMILES string of the molecule is NC1CCCn2c(Cc3cccc(Cl)c3)nnc21. The molecule has 2 heterocycles. The average Bonchev–Trinajstić information content (AvgIpc) is 2.74. The van der Waals surface area contributed by atoms with E-state index in [2.05, 4.69) is 20.8 Å². The number of halogens is 1. The van der Waals surface area contributed by atoms with Crippen molar-refractivity contribution < 1.29 is 0 Å². The van der Waals surface area contributed by atoms with Crippen LogP contribution in [0.2, 0.25) is 5.02 Å². The number of nitrogens with zero attached hydrogens (tertiary/aromatic N) is 3. The first-order valence-corrected chi connectivity index (χ1v) is 6.54. The van der Waals surface area contributed by atoms with E-state index in [4.69, 9.17) is 17.3 Å². The Balaban J connectivity index is 1.90. The number of benzene rings is 1. The lowest BCUT2D eigenvalue weighted by molar-refractivity contribution is 0.444. The predicted molar refractivity (Wildman–Crippen MR) is 70.4 cm³/mol. The van der Waals surface area contributed by atoms with Gasteiger partial charge in [0.15, 0.2) is 0 Å². The number of hydrogen-bond acceptors (Lipinski definition) is 3. The van der Waals surface area contributed by atoms with Crippen LogP contribution in [0.5, 0.6) is 0 Å². The van der Waals surface area contributed by atoms with Gasteiger partial charge in [0.05, 0.1) is 6.04 Å². The Morgan fingerprint density at radius 1 is 1.39 bits per heavy atom. The zero-order chi connectivity index (χ0) is 12.5. The standard InChI is InChI=1S/C13H15ClN4/c14-10-4-1-3-9(7-10)8-12-16-17-13-11(15)5-2-6-18(12)13/h1,3-4,7,11H,2,5-6,8,15H2. The van der Waals surface area contributed by atoms with Crippen LogP contribution in [0.4, 0.5) is 0 Å². The fraction of sp³-hybridized carbons (Fsp3) is 0.385. The summed E-state index contributed by atoms with van der Waals surface area (Å²) in [6.07, 6.45) is 2.84. The molecular weight excluding hydrogens is 248 g/mol. The van der Waals surface area contributed by atoms with Crippen LogP contribution in [0.1, 0.15) is 36.1 Å². The second-order valence-electron chi connectivity index (χ2n) is 4.68. The van der Waals surface area contributed by atoms with Gasteiger partial charge in [0, 0.05) is 18.0 Å². The molecule has 0 fully saturated rings. The van der Waals surface area contributed by atoms with Crippen molar-refractivity contribution in [2.24, 2.45) is 5.73 Å². The summed E-state index contributed by atoms with van der Waals surface area (Å²) in [5.41, 5.74) is 7.18. The fourth-order valence-electron chi connectivity index (χ4n) is 2.43. The number of hydrogen-bond donors (Lipinski definition) is 1. The third kappa shape index (κ3) is 2.13. The molecule has 0 saturated heterocycles. The van der Waals surface area contributed by atoms with E-state index in [9.17, 15) is 0 Å². The Morgan fingerprint density at radius 3 is 3.11 bits per heavy atom. The minimum Gasteiger partial charge on any atom is -0.321 e. The zero-order valence-electron chi connectivity index (χ0n) is 10.0. The minimum atomic E-state index is 0.0272. The average molecular weight is 263 g/mol. The first kappa shape index (κ1) is 11.7. The molecule has 0 aliphatic carbocycles. The molecule has 2 aromatic rings. The van der Waals surface area contributed by atoms with E-state index >= 15 is 0 Å². The molecule has 4 nitrogen and oxygen atoms in total. The molecule has 18 heavy (non-hydrogen) atoms. The molecule has 1 aliphatic rings. The van der Waals surface area contributed by atoms with Crippen molar-refractivity contribution in [2.45, 2.75) is 31.8 Å². The lowest BCUT2D eigenvalue weighted by atomic mass is 10.1. The summed E-state index contributed by atoms with van der Waals surface area (Å²) >= 11 is 5.99. The van der Waals surface area contributed by atoms with Crippen LogP contribution in [0.15, 0.2) is 24.3 Å². The van der Waals surface area contributed by atoms with Gasteiger partial charge in [0.25, 0.3) is 0 Å². The van der Waals surface area contributed by atoms with Crippen molar-refractivity contribution in [3.8, 4) is 0 Å². The van der Waals surface area contributed by atoms with Crippen LogP contribution in [0.3, 0.4) is 0 Å². The summed E-state index contributed by atoms with van der Waals surface area (Å²) in [7, 11) is 0. The topological polar surface area (TPSA) is 56.7 Å². The van der Waals surface area contributed by atoms with Crippen LogP contribution < -0.4 is 5.73 Å². The van der Waals surface area contributed by atoms with Crippen LogP contribution in [0.25, 0.3) is 0 Å². The molecule has 3 rings (SSSR count). The van der Waals surface area contributed by atoms with Gasteiger partial charge in [-0.3, -0.25) is 0 Å². The van der Waals surface area contributed by atoms with E-state index in [1.165, 1.54) is 0 Å². The largest absolute Gasteiger partial charge is 0.321 e. The van der Waals surface area contributed by atoms with Gasteiger partial charge in [-0.15, -0.1) is 10.2 Å². The second kappa shape index (κ2) is 4.71. The summed E-state index contributed by atoms with van der Waals surface area (Å²) in [6.45, 7) is 0.964. The Morgan fingerprint density at radius 2 is 2.28 bits per heavy atom. The lowest BCUT2D eigenvalue weighted by Crippen LogP contribution is -2.23. The van der Waals surface area contributed by atoms with Crippen LogP contribution >= 0.6 is 11.6 Å². The molecule has 5 heteroatoms. The van der Waals surface area contributed by atoms with Crippen molar-refractivity contribution in [3.05, 3.63) is 46.5 Å².